The topological polar surface area (TPSA) is 125 Å². The van der Waals surface area contributed by atoms with Crippen molar-refractivity contribution in [1.29, 1.82) is 0 Å². The number of anilines is 1. The summed E-state index contributed by atoms with van der Waals surface area (Å²) in [6, 6.07) is 25.9. The number of hydrogen-bond donors (Lipinski definition) is 4. The van der Waals surface area contributed by atoms with Gasteiger partial charge in [0.1, 0.15) is 43.1 Å². The third-order valence-electron chi connectivity index (χ3n) is 10.3. The highest BCUT2D eigenvalue weighted by atomic mass is 35.5. The Morgan fingerprint density at radius 3 is 2.38 bits per heavy atom. The Hall–Kier alpha value is -5.13. The maximum Gasteiger partial charge on any atom is 0.320 e. The van der Waals surface area contributed by atoms with Crippen molar-refractivity contribution in [2.24, 2.45) is 0 Å². The number of pyridine rings is 1. The lowest BCUT2D eigenvalue weighted by atomic mass is 9.89. The van der Waals surface area contributed by atoms with E-state index in [2.05, 4.69) is 78.0 Å². The van der Waals surface area contributed by atoms with Gasteiger partial charge in [0, 0.05) is 56.3 Å². The Morgan fingerprint density at radius 2 is 1.61 bits per heavy atom. The molecule has 0 bridgehead atoms. The van der Waals surface area contributed by atoms with Gasteiger partial charge in [0.15, 0.2) is 0 Å². The van der Waals surface area contributed by atoms with Crippen LogP contribution in [0.5, 0.6) is 17.2 Å². The summed E-state index contributed by atoms with van der Waals surface area (Å²) in [6.45, 7) is 7.75. The molecule has 1 saturated heterocycles. The number of likely N-dealkylation sites (tertiary alicyclic amines) is 1. The van der Waals surface area contributed by atoms with Gasteiger partial charge in [-0.25, -0.2) is 0 Å². The van der Waals surface area contributed by atoms with Crippen molar-refractivity contribution in [2.75, 3.05) is 45.2 Å². The summed E-state index contributed by atoms with van der Waals surface area (Å²) in [5.41, 5.74) is 10.4. The Kier molecular flexibility index (Phi) is 14.2. The monoisotopic (exact) mass is 778 g/mol. The molecule has 4 aromatic carbocycles. The first kappa shape index (κ1) is 40.5. The zero-order valence-corrected chi connectivity index (χ0v) is 33.1. The molecular formula is C45H51ClN4O6. The van der Waals surface area contributed by atoms with Gasteiger partial charge in [0.05, 0.1) is 17.3 Å². The second kappa shape index (κ2) is 19.6. The van der Waals surface area contributed by atoms with Crippen LogP contribution >= 0.6 is 11.6 Å². The van der Waals surface area contributed by atoms with Crippen molar-refractivity contribution in [2.45, 2.75) is 58.9 Å². The highest BCUT2D eigenvalue weighted by molar-refractivity contribution is 6.32. The summed E-state index contributed by atoms with van der Waals surface area (Å²) in [5.74, 6) is 1.06. The van der Waals surface area contributed by atoms with Crippen LogP contribution in [0.4, 0.5) is 5.69 Å². The highest BCUT2D eigenvalue weighted by Gasteiger charge is 2.29. The number of halogens is 1. The van der Waals surface area contributed by atoms with Crippen molar-refractivity contribution < 1.29 is 29.2 Å². The first-order valence-corrected chi connectivity index (χ1v) is 19.5. The number of nitrogens with one attached hydrogen (secondary N) is 2. The summed E-state index contributed by atoms with van der Waals surface area (Å²) in [5, 5.41) is 25.5. The van der Waals surface area contributed by atoms with E-state index in [0.29, 0.717) is 55.7 Å². The Labute approximate surface area is 334 Å². The lowest BCUT2D eigenvalue weighted by Crippen LogP contribution is -2.44. The predicted molar refractivity (Wildman–Crippen MR) is 222 cm³/mol. The molecule has 0 unspecified atom stereocenters. The number of carboxylic acids is 1. The minimum Gasteiger partial charge on any atom is -0.492 e. The fraction of sp³-hybridized carbons (Fsp3) is 0.333. The van der Waals surface area contributed by atoms with Gasteiger partial charge in [-0.05, 0) is 96.4 Å². The SMILES string of the molecule is CNc1cncc(COc2cc(OCc3cccc(-c4cccc(-c5ccc(OCCNCCO)cc5)c4C)c3C)c(Cl)cc2CN2CCCC[C@H]2C(=O)O)c1. The normalized spacial score (nSPS) is 14.3. The number of aromatic nitrogens is 1. The standard InChI is InChI=1S/C45H51ClN4O6/c1-30-34(8-6-10-39(30)40-11-7-9-38(31(40)2)33-13-15-37(16-14-33)54-21-18-48-17-20-51)29-56-44-24-43(55-28-32-22-36(47-3)26-49-25-32)35(23-41(44)46)27-50-19-5-4-12-42(50)45(52)53/h6-11,13-16,22-26,42,47-48,51H,4-5,12,17-21,27-29H2,1-3H3,(H,52,53)/t42-/m0/s1. The molecule has 0 spiro atoms. The van der Waals surface area contributed by atoms with E-state index >= 15 is 0 Å². The van der Waals surface area contributed by atoms with Crippen molar-refractivity contribution in [3.8, 4) is 39.5 Å². The molecule has 2 heterocycles. The third kappa shape index (κ3) is 10.2. The minimum atomic E-state index is -0.813. The molecular weight excluding hydrogens is 728 g/mol. The molecule has 1 aliphatic rings. The number of carboxylic acid groups (broad SMARTS) is 1. The maximum atomic E-state index is 12.1. The first-order chi connectivity index (χ1) is 27.2. The molecule has 0 saturated carbocycles. The second-order valence-corrected chi connectivity index (χ2v) is 14.4. The quantitative estimate of drug-likeness (QED) is 0.0646. The Bertz CT molecular complexity index is 2090. The zero-order valence-electron chi connectivity index (χ0n) is 32.3. The van der Waals surface area contributed by atoms with E-state index in [4.69, 9.17) is 30.9 Å². The van der Waals surface area contributed by atoms with Crippen LogP contribution in [0.25, 0.3) is 22.3 Å². The van der Waals surface area contributed by atoms with Crippen LogP contribution in [0.2, 0.25) is 5.02 Å². The van der Waals surface area contributed by atoms with Crippen LogP contribution in [0.1, 0.15) is 47.1 Å². The molecule has 0 amide bonds. The molecule has 1 atom stereocenters. The summed E-state index contributed by atoms with van der Waals surface area (Å²) in [7, 11) is 1.84. The van der Waals surface area contributed by atoms with Crippen LogP contribution < -0.4 is 24.8 Å². The molecule has 6 rings (SSSR count). The van der Waals surface area contributed by atoms with E-state index in [9.17, 15) is 9.90 Å². The smallest absolute Gasteiger partial charge is 0.320 e. The molecule has 5 aromatic rings. The van der Waals surface area contributed by atoms with Crippen LogP contribution in [0.3, 0.4) is 0 Å². The molecule has 4 N–H and O–H groups in total. The zero-order chi connectivity index (χ0) is 39.4. The van der Waals surface area contributed by atoms with E-state index in [1.165, 1.54) is 5.56 Å². The van der Waals surface area contributed by atoms with Gasteiger partial charge in [0.2, 0.25) is 0 Å². The molecule has 11 heteroatoms. The van der Waals surface area contributed by atoms with E-state index in [0.717, 1.165) is 68.8 Å². The number of carbonyl (C=O) groups is 1. The number of ether oxygens (including phenoxy) is 3. The van der Waals surface area contributed by atoms with Crippen LogP contribution in [0.15, 0.2) is 91.3 Å². The molecule has 56 heavy (non-hydrogen) atoms. The number of aliphatic hydroxyl groups excluding tert-OH is 1. The van der Waals surface area contributed by atoms with Crippen LogP contribution in [-0.2, 0) is 24.6 Å². The summed E-state index contributed by atoms with van der Waals surface area (Å²) in [4.78, 5) is 18.4. The summed E-state index contributed by atoms with van der Waals surface area (Å²) >= 11 is 6.90. The molecule has 294 valence electrons. The number of hydrogen-bond acceptors (Lipinski definition) is 9. The van der Waals surface area contributed by atoms with Crippen molar-refractivity contribution in [3.63, 3.8) is 0 Å². The van der Waals surface area contributed by atoms with Crippen molar-refractivity contribution in [3.05, 3.63) is 124 Å². The summed E-state index contributed by atoms with van der Waals surface area (Å²) < 4.78 is 18.7. The number of nitrogens with zero attached hydrogens (tertiary/aromatic N) is 2. The number of aliphatic hydroxyl groups is 1. The maximum absolute atomic E-state index is 12.1. The lowest BCUT2D eigenvalue weighted by Gasteiger charge is -2.33. The van der Waals surface area contributed by atoms with Gasteiger partial charge in [-0.15, -0.1) is 0 Å². The molecule has 0 aliphatic carbocycles. The Morgan fingerprint density at radius 1 is 0.857 bits per heavy atom. The number of piperidine rings is 1. The average molecular weight is 779 g/mol. The third-order valence-corrected chi connectivity index (χ3v) is 10.6. The highest BCUT2D eigenvalue weighted by Crippen LogP contribution is 2.38. The molecule has 10 nitrogen and oxygen atoms in total. The molecule has 1 aromatic heterocycles. The number of aliphatic carboxylic acids is 1. The fourth-order valence-electron chi connectivity index (χ4n) is 7.19. The molecule has 1 fully saturated rings. The summed E-state index contributed by atoms with van der Waals surface area (Å²) in [6.07, 6.45) is 5.95. The van der Waals surface area contributed by atoms with Gasteiger partial charge < -0.3 is 35.1 Å². The predicted octanol–water partition coefficient (Wildman–Crippen LogP) is 8.29. The Balaban J connectivity index is 1.21. The van der Waals surface area contributed by atoms with Gasteiger partial charge in [-0.3, -0.25) is 14.7 Å². The van der Waals surface area contributed by atoms with Gasteiger partial charge in [-0.1, -0.05) is 66.6 Å². The van der Waals surface area contributed by atoms with Gasteiger partial charge in [-0.2, -0.15) is 0 Å². The lowest BCUT2D eigenvalue weighted by molar-refractivity contribution is -0.144. The first-order valence-electron chi connectivity index (χ1n) is 19.2. The number of rotatable bonds is 18. The fourth-order valence-corrected chi connectivity index (χ4v) is 7.43. The van der Waals surface area contributed by atoms with Gasteiger partial charge >= 0.3 is 5.97 Å². The average Bonchev–Trinajstić information content (AvgIpc) is 3.21. The molecule has 0 radical (unpaired) electrons. The van der Waals surface area contributed by atoms with E-state index < -0.39 is 12.0 Å². The second-order valence-electron chi connectivity index (χ2n) is 14.0. The van der Waals surface area contributed by atoms with Crippen molar-refractivity contribution in [1.82, 2.24) is 15.2 Å². The van der Waals surface area contributed by atoms with Gasteiger partial charge in [0.25, 0.3) is 0 Å². The molecule has 1 aliphatic heterocycles. The van der Waals surface area contributed by atoms with E-state index in [1.54, 1.807) is 12.4 Å². The largest absolute Gasteiger partial charge is 0.492 e. The number of benzene rings is 4. The van der Waals surface area contributed by atoms with E-state index in [1.807, 2.05) is 42.3 Å². The van der Waals surface area contributed by atoms with E-state index in [-0.39, 0.29) is 19.8 Å². The minimum absolute atomic E-state index is 0.108. The van der Waals surface area contributed by atoms with Crippen LogP contribution in [-0.4, -0.2) is 72.0 Å². The van der Waals surface area contributed by atoms with Crippen LogP contribution in [0, 0.1) is 13.8 Å². The van der Waals surface area contributed by atoms with Crippen molar-refractivity contribution >= 4 is 23.3 Å².